The van der Waals surface area contributed by atoms with Crippen LogP contribution in [0.4, 0.5) is 10.5 Å². The average molecular weight is 500 g/mol. The molecule has 2 atom stereocenters. The van der Waals surface area contributed by atoms with E-state index in [9.17, 15) is 13.2 Å². The Kier molecular flexibility index (Phi) is 7.83. The summed E-state index contributed by atoms with van der Waals surface area (Å²) in [6, 6.07) is 33.0. The third kappa shape index (κ3) is 6.38. The SMILES string of the molecule is Cc1ccc(S(=O)(=O)NC(=O)Nc2cccc(C(N[C@H](C)c3ccccc3)c3ccccc3)c2)cc1. The summed E-state index contributed by atoms with van der Waals surface area (Å²) < 4.78 is 27.2. The highest BCUT2D eigenvalue weighted by Gasteiger charge is 2.20. The zero-order valence-corrected chi connectivity index (χ0v) is 21.0. The Morgan fingerprint density at radius 3 is 1.94 bits per heavy atom. The predicted molar refractivity (Wildman–Crippen MR) is 143 cm³/mol. The van der Waals surface area contributed by atoms with Crippen molar-refractivity contribution in [2.24, 2.45) is 0 Å². The molecule has 0 heterocycles. The van der Waals surface area contributed by atoms with E-state index in [1.807, 2.05) is 61.5 Å². The number of rotatable bonds is 8. The zero-order chi connectivity index (χ0) is 25.5. The largest absolute Gasteiger partial charge is 0.333 e. The highest BCUT2D eigenvalue weighted by Crippen LogP contribution is 2.28. The number of carbonyl (C=O) groups is 1. The molecule has 4 rings (SSSR count). The summed E-state index contributed by atoms with van der Waals surface area (Å²) in [6.45, 7) is 3.97. The maximum Gasteiger partial charge on any atom is 0.333 e. The van der Waals surface area contributed by atoms with Crippen LogP contribution in [-0.2, 0) is 10.0 Å². The predicted octanol–water partition coefficient (Wildman–Crippen LogP) is 5.95. The highest BCUT2D eigenvalue weighted by atomic mass is 32.2. The minimum absolute atomic E-state index is 0.0280. The molecule has 0 spiro atoms. The van der Waals surface area contributed by atoms with Crippen LogP contribution in [0.15, 0.2) is 114 Å². The van der Waals surface area contributed by atoms with E-state index in [1.54, 1.807) is 18.2 Å². The van der Waals surface area contributed by atoms with Gasteiger partial charge >= 0.3 is 6.03 Å². The molecule has 0 aliphatic rings. The smallest absolute Gasteiger partial charge is 0.307 e. The Bertz CT molecular complexity index is 1410. The monoisotopic (exact) mass is 499 g/mol. The molecule has 6 nitrogen and oxygen atoms in total. The van der Waals surface area contributed by atoms with Crippen molar-refractivity contribution in [3.8, 4) is 0 Å². The summed E-state index contributed by atoms with van der Waals surface area (Å²) in [5, 5.41) is 6.34. The Morgan fingerprint density at radius 1 is 0.722 bits per heavy atom. The summed E-state index contributed by atoms with van der Waals surface area (Å²) in [7, 11) is -3.99. The number of urea groups is 1. The van der Waals surface area contributed by atoms with Crippen molar-refractivity contribution < 1.29 is 13.2 Å². The van der Waals surface area contributed by atoms with E-state index in [0.29, 0.717) is 5.69 Å². The van der Waals surface area contributed by atoms with Crippen molar-refractivity contribution in [1.82, 2.24) is 10.0 Å². The molecule has 0 aromatic heterocycles. The molecule has 0 saturated heterocycles. The molecule has 7 heteroatoms. The van der Waals surface area contributed by atoms with Gasteiger partial charge in [-0.05, 0) is 54.8 Å². The fraction of sp³-hybridized carbons (Fsp3) is 0.138. The van der Waals surface area contributed by atoms with Gasteiger partial charge in [-0.2, -0.15) is 0 Å². The molecule has 184 valence electrons. The summed E-state index contributed by atoms with van der Waals surface area (Å²) in [6.07, 6.45) is 0. The maximum atomic E-state index is 12.6. The van der Waals surface area contributed by atoms with Crippen molar-refractivity contribution in [2.75, 3.05) is 5.32 Å². The van der Waals surface area contributed by atoms with E-state index in [2.05, 4.69) is 46.5 Å². The van der Waals surface area contributed by atoms with E-state index < -0.39 is 16.1 Å². The number of amides is 2. The number of hydrogen-bond acceptors (Lipinski definition) is 4. The quantitative estimate of drug-likeness (QED) is 0.280. The van der Waals surface area contributed by atoms with Gasteiger partial charge in [-0.15, -0.1) is 0 Å². The molecular weight excluding hydrogens is 470 g/mol. The van der Waals surface area contributed by atoms with Crippen LogP contribution in [0, 0.1) is 6.92 Å². The van der Waals surface area contributed by atoms with Gasteiger partial charge in [0.25, 0.3) is 10.0 Å². The minimum Gasteiger partial charge on any atom is -0.307 e. The first-order chi connectivity index (χ1) is 17.3. The second kappa shape index (κ2) is 11.2. The topological polar surface area (TPSA) is 87.3 Å². The number of nitrogens with one attached hydrogen (secondary N) is 3. The molecule has 0 saturated carbocycles. The third-order valence-electron chi connectivity index (χ3n) is 5.89. The number of sulfonamides is 1. The van der Waals surface area contributed by atoms with Crippen LogP contribution in [-0.4, -0.2) is 14.4 Å². The van der Waals surface area contributed by atoms with E-state index in [1.165, 1.54) is 12.1 Å². The van der Waals surface area contributed by atoms with Crippen LogP contribution in [0.1, 0.15) is 41.3 Å². The lowest BCUT2D eigenvalue weighted by Gasteiger charge is -2.25. The zero-order valence-electron chi connectivity index (χ0n) is 20.2. The average Bonchev–Trinajstić information content (AvgIpc) is 2.88. The van der Waals surface area contributed by atoms with Crippen LogP contribution in [0.25, 0.3) is 0 Å². The van der Waals surface area contributed by atoms with E-state index in [0.717, 1.165) is 22.3 Å². The Labute approximate surface area is 212 Å². The van der Waals surface area contributed by atoms with Crippen molar-refractivity contribution in [3.63, 3.8) is 0 Å². The maximum absolute atomic E-state index is 12.6. The summed E-state index contributed by atoms with van der Waals surface area (Å²) >= 11 is 0. The van der Waals surface area contributed by atoms with Crippen molar-refractivity contribution in [3.05, 3.63) is 131 Å². The molecule has 2 amide bonds. The number of anilines is 1. The first-order valence-corrected chi connectivity index (χ1v) is 13.2. The van der Waals surface area contributed by atoms with Crippen LogP contribution in [0.5, 0.6) is 0 Å². The van der Waals surface area contributed by atoms with Gasteiger partial charge in [0.05, 0.1) is 10.9 Å². The van der Waals surface area contributed by atoms with Crippen molar-refractivity contribution >= 4 is 21.7 Å². The molecule has 0 bridgehead atoms. The van der Waals surface area contributed by atoms with Crippen LogP contribution >= 0.6 is 0 Å². The fourth-order valence-corrected chi connectivity index (χ4v) is 4.88. The van der Waals surface area contributed by atoms with Crippen molar-refractivity contribution in [1.29, 1.82) is 0 Å². The fourth-order valence-electron chi connectivity index (χ4n) is 3.97. The molecule has 36 heavy (non-hydrogen) atoms. The molecule has 4 aromatic rings. The molecule has 4 aromatic carbocycles. The molecule has 0 radical (unpaired) electrons. The van der Waals surface area contributed by atoms with Gasteiger partial charge in [0.15, 0.2) is 0 Å². The minimum atomic E-state index is -3.99. The number of aryl methyl sites for hydroxylation is 1. The lowest BCUT2D eigenvalue weighted by atomic mass is 9.96. The molecule has 1 unspecified atom stereocenters. The molecule has 0 fully saturated rings. The number of carbonyl (C=O) groups excluding carboxylic acids is 1. The summed E-state index contributed by atoms with van der Waals surface area (Å²) in [4.78, 5) is 12.6. The van der Waals surface area contributed by atoms with Gasteiger partial charge in [0.2, 0.25) is 0 Å². The highest BCUT2D eigenvalue weighted by molar-refractivity contribution is 7.90. The van der Waals surface area contributed by atoms with E-state index in [4.69, 9.17) is 0 Å². The second-order valence-corrected chi connectivity index (χ2v) is 10.3. The molecule has 0 aliphatic carbocycles. The number of hydrogen-bond donors (Lipinski definition) is 3. The Morgan fingerprint density at radius 2 is 1.31 bits per heavy atom. The lowest BCUT2D eigenvalue weighted by Crippen LogP contribution is -2.34. The summed E-state index contributed by atoms with van der Waals surface area (Å²) in [5.41, 5.74) is 4.58. The first kappa shape index (κ1) is 25.2. The van der Waals surface area contributed by atoms with Gasteiger partial charge in [0, 0.05) is 11.7 Å². The normalized spacial score (nSPS) is 12.9. The molecular formula is C29H29N3O3S. The Balaban J connectivity index is 1.54. The van der Waals surface area contributed by atoms with Gasteiger partial charge in [-0.25, -0.2) is 17.9 Å². The van der Waals surface area contributed by atoms with Gasteiger partial charge in [-0.1, -0.05) is 90.5 Å². The summed E-state index contributed by atoms with van der Waals surface area (Å²) in [5.74, 6) is 0. The molecule has 0 aliphatic heterocycles. The van der Waals surface area contributed by atoms with Crippen LogP contribution in [0.2, 0.25) is 0 Å². The van der Waals surface area contributed by atoms with Crippen molar-refractivity contribution in [2.45, 2.75) is 30.8 Å². The molecule has 3 N–H and O–H groups in total. The first-order valence-electron chi connectivity index (χ1n) is 11.7. The van der Waals surface area contributed by atoms with Gasteiger partial charge < -0.3 is 5.32 Å². The second-order valence-electron chi connectivity index (χ2n) is 8.64. The van der Waals surface area contributed by atoms with Crippen LogP contribution in [0.3, 0.4) is 0 Å². The lowest BCUT2D eigenvalue weighted by molar-refractivity contribution is 0.256. The standard InChI is InChI=1S/C29H29N3O3S/c1-21-16-18-27(19-17-21)36(34,35)32-29(33)31-26-15-9-14-25(20-26)28(24-12-7-4-8-13-24)30-22(2)23-10-5-3-6-11-23/h3-20,22,28,30H,1-2H3,(H2,31,32,33)/t22-,28?/m1/s1. The van der Waals surface area contributed by atoms with Crippen LogP contribution < -0.4 is 15.4 Å². The Hall–Kier alpha value is -3.94. The number of benzene rings is 4. The van der Waals surface area contributed by atoms with E-state index >= 15 is 0 Å². The van der Waals surface area contributed by atoms with E-state index in [-0.39, 0.29) is 17.0 Å². The van der Waals surface area contributed by atoms with Gasteiger partial charge in [0.1, 0.15) is 0 Å². The van der Waals surface area contributed by atoms with Gasteiger partial charge in [-0.3, -0.25) is 5.32 Å². The third-order valence-corrected chi connectivity index (χ3v) is 7.23.